The molecule has 0 aliphatic carbocycles. The van der Waals surface area contributed by atoms with Gasteiger partial charge in [0.25, 0.3) is 0 Å². The fourth-order valence-corrected chi connectivity index (χ4v) is 1.79. The molecule has 0 radical (unpaired) electrons. The van der Waals surface area contributed by atoms with Gasteiger partial charge in [0.2, 0.25) is 0 Å². The summed E-state index contributed by atoms with van der Waals surface area (Å²) in [4.78, 5) is 0. The van der Waals surface area contributed by atoms with E-state index in [2.05, 4.69) is 11.8 Å². The summed E-state index contributed by atoms with van der Waals surface area (Å²) in [5, 5.41) is 8.28. The van der Waals surface area contributed by atoms with E-state index in [1.165, 1.54) is 0 Å². The molecule has 0 N–H and O–H groups in total. The molecule has 0 saturated heterocycles. The minimum Gasteiger partial charge on any atom is -0.748 e. The Morgan fingerprint density at radius 3 is 2.58 bits per heavy atom. The highest BCUT2D eigenvalue weighted by atomic mass is 32.2. The third-order valence-corrected chi connectivity index (χ3v) is 3.11. The Labute approximate surface area is 115 Å². The number of quaternary nitrogens is 1. The molecule has 0 unspecified atom stereocenters. The zero-order valence-electron chi connectivity index (χ0n) is 11.4. The first-order chi connectivity index (χ1) is 8.77. The van der Waals surface area contributed by atoms with Gasteiger partial charge < -0.3 is 13.8 Å². The second-order valence-electron chi connectivity index (χ2n) is 4.75. The van der Waals surface area contributed by atoms with E-state index in [1.807, 2.05) is 20.2 Å². The van der Waals surface area contributed by atoms with Crippen LogP contribution < -0.4 is 0 Å². The quantitative estimate of drug-likeness (QED) is 0.270. The number of ether oxygens (including phenoxy) is 1. The zero-order chi connectivity index (χ0) is 14.8. The van der Waals surface area contributed by atoms with Gasteiger partial charge in [-0.15, -0.1) is 0 Å². The van der Waals surface area contributed by atoms with Gasteiger partial charge in [-0.05, 0) is 5.92 Å². The van der Waals surface area contributed by atoms with Crippen molar-refractivity contribution < 1.29 is 22.2 Å². The fourth-order valence-electron chi connectivity index (χ4n) is 1.31. The van der Waals surface area contributed by atoms with Crippen LogP contribution in [0.1, 0.15) is 12.8 Å². The van der Waals surface area contributed by atoms with Crippen LogP contribution in [0.15, 0.2) is 0 Å². The first-order valence-electron chi connectivity index (χ1n) is 5.93. The minimum absolute atomic E-state index is 0.288. The van der Waals surface area contributed by atoms with E-state index in [4.69, 9.17) is 10.00 Å². The van der Waals surface area contributed by atoms with Gasteiger partial charge in [-0.1, -0.05) is 5.92 Å². The van der Waals surface area contributed by atoms with E-state index < -0.39 is 10.1 Å². The Kier molecular flexibility index (Phi) is 8.37. The highest BCUT2D eigenvalue weighted by Gasteiger charge is 2.13. The topological polar surface area (TPSA) is 90.2 Å². The molecular formula is C12H20N2O4S. The molecule has 0 fully saturated rings. The Bertz CT molecular complexity index is 454. The molecule has 0 aromatic heterocycles. The van der Waals surface area contributed by atoms with Crippen LogP contribution in [-0.4, -0.2) is 63.6 Å². The maximum Gasteiger partial charge on any atom is 0.140 e. The summed E-state index contributed by atoms with van der Waals surface area (Å²) in [5.41, 5.74) is 0. The molecule has 0 bridgehead atoms. The Morgan fingerprint density at radius 2 is 2.00 bits per heavy atom. The molecule has 0 heterocycles. The highest BCUT2D eigenvalue weighted by Crippen LogP contribution is 2.00. The van der Waals surface area contributed by atoms with Crippen LogP contribution in [0.2, 0.25) is 0 Å². The molecular weight excluding hydrogens is 268 g/mol. The summed E-state index contributed by atoms with van der Waals surface area (Å²) in [6.07, 6.45) is 0.687. The van der Waals surface area contributed by atoms with Crippen molar-refractivity contribution in [2.45, 2.75) is 12.8 Å². The van der Waals surface area contributed by atoms with Gasteiger partial charge in [-0.3, -0.25) is 0 Å². The fraction of sp³-hybridized carbons (Fsp3) is 0.750. The van der Waals surface area contributed by atoms with Crippen LogP contribution in [0.3, 0.4) is 0 Å². The third-order valence-electron chi connectivity index (χ3n) is 2.32. The predicted molar refractivity (Wildman–Crippen MR) is 69.8 cm³/mol. The lowest BCUT2D eigenvalue weighted by atomic mass is 10.3. The van der Waals surface area contributed by atoms with E-state index in [1.54, 1.807) is 0 Å². The number of nitriles is 1. The molecule has 6 nitrogen and oxygen atoms in total. The lowest BCUT2D eigenvalue weighted by Crippen LogP contribution is -2.41. The second kappa shape index (κ2) is 8.89. The third kappa shape index (κ3) is 13.1. The molecule has 0 atom stereocenters. The standard InChI is InChI=1S/C12H20N2O4S/c1-14(2,9-6-12-19(15,16)17)8-3-4-10-18-11-5-7-13/h5-6,8-12H2,1-2H3. The Balaban J connectivity index is 3.84. The van der Waals surface area contributed by atoms with Gasteiger partial charge in [-0.25, -0.2) is 8.42 Å². The van der Waals surface area contributed by atoms with Crippen LogP contribution in [0.25, 0.3) is 0 Å². The molecule has 19 heavy (non-hydrogen) atoms. The maximum absolute atomic E-state index is 10.5. The van der Waals surface area contributed by atoms with Crippen molar-refractivity contribution in [1.29, 1.82) is 5.26 Å². The lowest BCUT2D eigenvalue weighted by molar-refractivity contribution is -0.883. The molecule has 108 valence electrons. The van der Waals surface area contributed by atoms with Gasteiger partial charge in [-0.2, -0.15) is 5.26 Å². The Hall–Kier alpha value is -1.12. The van der Waals surface area contributed by atoms with Crippen molar-refractivity contribution >= 4 is 10.1 Å². The smallest absolute Gasteiger partial charge is 0.140 e. The predicted octanol–water partition coefficient (Wildman–Crippen LogP) is -0.0682. The van der Waals surface area contributed by atoms with Crippen LogP contribution in [0.5, 0.6) is 0 Å². The van der Waals surface area contributed by atoms with Gasteiger partial charge in [0, 0.05) is 12.2 Å². The first-order valence-corrected chi connectivity index (χ1v) is 7.50. The first kappa shape index (κ1) is 17.9. The summed E-state index contributed by atoms with van der Waals surface area (Å²) >= 11 is 0. The molecule has 0 aromatic carbocycles. The van der Waals surface area contributed by atoms with Gasteiger partial charge in [0.15, 0.2) is 0 Å². The number of nitrogens with zero attached hydrogens (tertiary/aromatic N) is 2. The average molecular weight is 288 g/mol. The molecule has 7 heteroatoms. The highest BCUT2D eigenvalue weighted by molar-refractivity contribution is 7.85. The van der Waals surface area contributed by atoms with Crippen LogP contribution >= 0.6 is 0 Å². The minimum atomic E-state index is -4.13. The monoisotopic (exact) mass is 288 g/mol. The summed E-state index contributed by atoms with van der Waals surface area (Å²) in [6, 6.07) is 1.97. The van der Waals surface area contributed by atoms with E-state index in [-0.39, 0.29) is 12.4 Å². The lowest BCUT2D eigenvalue weighted by Gasteiger charge is -2.27. The largest absolute Gasteiger partial charge is 0.748 e. The number of hydrogen-bond donors (Lipinski definition) is 0. The summed E-state index contributed by atoms with van der Waals surface area (Å²) in [6.45, 7) is 1.80. The molecule has 0 aliphatic rings. The van der Waals surface area contributed by atoms with Crippen molar-refractivity contribution in [3.63, 3.8) is 0 Å². The Morgan fingerprint density at radius 1 is 1.32 bits per heavy atom. The molecule has 0 aromatic rings. The number of hydrogen-bond acceptors (Lipinski definition) is 5. The molecule has 0 spiro atoms. The van der Waals surface area contributed by atoms with Crippen molar-refractivity contribution in [1.82, 2.24) is 0 Å². The van der Waals surface area contributed by atoms with Crippen molar-refractivity contribution in [2.24, 2.45) is 0 Å². The van der Waals surface area contributed by atoms with Crippen LogP contribution in [0, 0.1) is 23.2 Å². The molecule has 0 amide bonds. The summed E-state index contributed by atoms with van der Waals surface area (Å²) in [5.74, 6) is 5.43. The summed E-state index contributed by atoms with van der Waals surface area (Å²) < 4.78 is 37.0. The van der Waals surface area contributed by atoms with Crippen LogP contribution in [0.4, 0.5) is 0 Å². The van der Waals surface area contributed by atoms with E-state index >= 15 is 0 Å². The van der Waals surface area contributed by atoms with Crippen molar-refractivity contribution in [2.75, 3.05) is 46.2 Å². The average Bonchev–Trinajstić information content (AvgIpc) is 2.25. The van der Waals surface area contributed by atoms with Crippen LogP contribution in [-0.2, 0) is 14.9 Å². The zero-order valence-corrected chi connectivity index (χ0v) is 12.2. The van der Waals surface area contributed by atoms with Crippen molar-refractivity contribution in [3.05, 3.63) is 0 Å². The van der Waals surface area contributed by atoms with Crippen molar-refractivity contribution in [3.8, 4) is 17.9 Å². The SMILES string of the molecule is C[N+](C)(CC#CCOCCC#N)CCCS(=O)(=O)[O-]. The van der Waals surface area contributed by atoms with E-state index in [9.17, 15) is 13.0 Å². The second-order valence-corrected chi connectivity index (χ2v) is 6.27. The molecule has 0 saturated carbocycles. The number of rotatable bonds is 8. The van der Waals surface area contributed by atoms with Gasteiger partial charge in [0.1, 0.15) is 13.2 Å². The maximum atomic E-state index is 10.5. The molecule has 0 rings (SSSR count). The van der Waals surface area contributed by atoms with Gasteiger partial charge >= 0.3 is 0 Å². The summed E-state index contributed by atoms with van der Waals surface area (Å²) in [7, 11) is -0.288. The molecule has 0 aliphatic heterocycles. The van der Waals surface area contributed by atoms with E-state index in [0.29, 0.717) is 37.0 Å². The normalized spacial score (nSPS) is 11.5. The van der Waals surface area contributed by atoms with Gasteiger partial charge in [0.05, 0.1) is 49.9 Å². The van der Waals surface area contributed by atoms with E-state index in [0.717, 1.165) is 0 Å².